The van der Waals surface area contributed by atoms with Gasteiger partial charge < -0.3 is 20.1 Å². The van der Waals surface area contributed by atoms with Gasteiger partial charge in [-0.3, -0.25) is 4.79 Å². The van der Waals surface area contributed by atoms with Crippen LogP contribution in [0.2, 0.25) is 0 Å². The van der Waals surface area contributed by atoms with E-state index in [0.29, 0.717) is 19.6 Å². The normalized spacial score (nSPS) is 23.1. The van der Waals surface area contributed by atoms with E-state index in [1.165, 1.54) is 0 Å². The molecular weight excluding hydrogens is 308 g/mol. The van der Waals surface area contributed by atoms with Gasteiger partial charge >= 0.3 is 12.0 Å². The Labute approximate surface area is 141 Å². The molecule has 1 aromatic rings. The highest BCUT2D eigenvalue weighted by Gasteiger charge is 2.31. The van der Waals surface area contributed by atoms with E-state index in [1.54, 1.807) is 4.90 Å². The average molecular weight is 332 g/mol. The summed E-state index contributed by atoms with van der Waals surface area (Å²) >= 11 is 0. The highest BCUT2D eigenvalue weighted by Crippen LogP contribution is 2.35. The van der Waals surface area contributed by atoms with Gasteiger partial charge in [-0.05, 0) is 24.8 Å². The molecule has 2 atom stereocenters. The van der Waals surface area contributed by atoms with Gasteiger partial charge in [-0.25, -0.2) is 4.79 Å². The van der Waals surface area contributed by atoms with Gasteiger partial charge in [-0.2, -0.15) is 0 Å². The molecule has 0 aromatic heterocycles. The van der Waals surface area contributed by atoms with Crippen LogP contribution in [-0.4, -0.2) is 41.7 Å². The van der Waals surface area contributed by atoms with E-state index >= 15 is 0 Å². The van der Waals surface area contributed by atoms with E-state index in [4.69, 9.17) is 4.74 Å². The Balaban J connectivity index is 1.71. The Bertz CT molecular complexity index is 631. The Morgan fingerprint density at radius 2 is 2.21 bits per heavy atom. The number of benzene rings is 1. The minimum Gasteiger partial charge on any atom is -0.493 e. The number of likely N-dealkylation sites (tertiary alicyclic amines) is 1. The topological polar surface area (TPSA) is 78.9 Å². The van der Waals surface area contributed by atoms with E-state index in [-0.39, 0.29) is 18.6 Å². The van der Waals surface area contributed by atoms with E-state index in [0.717, 1.165) is 36.1 Å². The van der Waals surface area contributed by atoms with Gasteiger partial charge in [-0.15, -0.1) is 0 Å². The van der Waals surface area contributed by atoms with Gasteiger partial charge in [0.1, 0.15) is 5.75 Å². The second-order valence-electron chi connectivity index (χ2n) is 6.45. The molecule has 2 unspecified atom stereocenters. The van der Waals surface area contributed by atoms with Crippen LogP contribution in [-0.2, 0) is 11.2 Å². The van der Waals surface area contributed by atoms with Crippen molar-refractivity contribution < 1.29 is 19.4 Å². The van der Waals surface area contributed by atoms with Crippen LogP contribution in [0.3, 0.4) is 0 Å². The van der Waals surface area contributed by atoms with Crippen LogP contribution < -0.4 is 10.1 Å². The molecule has 6 heteroatoms. The van der Waals surface area contributed by atoms with E-state index in [9.17, 15) is 14.7 Å². The van der Waals surface area contributed by atoms with Crippen molar-refractivity contribution in [3.63, 3.8) is 0 Å². The minimum absolute atomic E-state index is 0.0852. The molecule has 2 aliphatic heterocycles. The third kappa shape index (κ3) is 3.32. The molecule has 2 N–H and O–H groups in total. The lowest BCUT2D eigenvalue weighted by Gasteiger charge is -2.34. The maximum atomic E-state index is 12.6. The van der Waals surface area contributed by atoms with Crippen LogP contribution in [0.25, 0.3) is 0 Å². The molecule has 3 rings (SSSR count). The first kappa shape index (κ1) is 16.6. The van der Waals surface area contributed by atoms with Gasteiger partial charge in [0, 0.05) is 25.1 Å². The van der Waals surface area contributed by atoms with Crippen molar-refractivity contribution in [1.82, 2.24) is 10.2 Å². The fourth-order valence-corrected chi connectivity index (χ4v) is 3.52. The number of carbonyl (C=O) groups excluding carboxylic acids is 1. The molecule has 0 bridgehead atoms. The Morgan fingerprint density at radius 3 is 2.96 bits per heavy atom. The van der Waals surface area contributed by atoms with Crippen molar-refractivity contribution in [3.05, 3.63) is 29.3 Å². The standard InChI is InChI=1S/C18H24N2O4/c1-2-12-5-3-7-14-15(8-10-24-16(12)14)19-18(23)20-9-4-6-13(11-20)17(21)22/h3,5,7,13,15H,2,4,6,8-11H2,1H3,(H,19,23)(H,21,22). The molecule has 2 aliphatic rings. The highest BCUT2D eigenvalue weighted by molar-refractivity contribution is 5.77. The highest BCUT2D eigenvalue weighted by atomic mass is 16.5. The molecule has 6 nitrogen and oxygen atoms in total. The number of nitrogens with zero attached hydrogens (tertiary/aromatic N) is 1. The first-order chi connectivity index (χ1) is 11.6. The lowest BCUT2D eigenvalue weighted by Crippen LogP contribution is -2.48. The van der Waals surface area contributed by atoms with E-state index in [2.05, 4.69) is 12.2 Å². The predicted octanol–water partition coefficient (Wildman–Crippen LogP) is 2.58. The average Bonchev–Trinajstić information content (AvgIpc) is 2.61. The summed E-state index contributed by atoms with van der Waals surface area (Å²) in [4.78, 5) is 25.4. The summed E-state index contributed by atoms with van der Waals surface area (Å²) in [7, 11) is 0. The van der Waals surface area contributed by atoms with Gasteiger partial charge in [0.2, 0.25) is 0 Å². The number of fused-ring (bicyclic) bond motifs is 1. The number of rotatable bonds is 3. The lowest BCUT2D eigenvalue weighted by molar-refractivity contribution is -0.143. The van der Waals surface area contributed by atoms with E-state index in [1.807, 2.05) is 18.2 Å². The molecule has 130 valence electrons. The number of carboxylic acids is 1. The zero-order valence-electron chi connectivity index (χ0n) is 14.0. The fraction of sp³-hybridized carbons (Fsp3) is 0.556. The van der Waals surface area contributed by atoms with E-state index < -0.39 is 11.9 Å². The number of hydrogen-bond acceptors (Lipinski definition) is 3. The van der Waals surface area contributed by atoms with Crippen LogP contribution in [0.1, 0.15) is 43.4 Å². The molecule has 1 saturated heterocycles. The molecular formula is C18H24N2O4. The van der Waals surface area contributed by atoms with Crippen LogP contribution >= 0.6 is 0 Å². The van der Waals surface area contributed by atoms with Crippen molar-refractivity contribution >= 4 is 12.0 Å². The Kier molecular flexibility index (Phi) is 4.92. The lowest BCUT2D eigenvalue weighted by atomic mass is 9.96. The summed E-state index contributed by atoms with van der Waals surface area (Å²) < 4.78 is 5.81. The number of piperidine rings is 1. The largest absolute Gasteiger partial charge is 0.493 e. The Morgan fingerprint density at radius 1 is 1.38 bits per heavy atom. The zero-order valence-corrected chi connectivity index (χ0v) is 14.0. The first-order valence-electron chi connectivity index (χ1n) is 8.63. The monoisotopic (exact) mass is 332 g/mol. The minimum atomic E-state index is -0.823. The van der Waals surface area contributed by atoms with Gasteiger partial charge in [0.15, 0.2) is 0 Å². The number of carboxylic acid groups (broad SMARTS) is 1. The molecule has 24 heavy (non-hydrogen) atoms. The number of carbonyl (C=O) groups is 2. The van der Waals surface area contributed by atoms with Crippen molar-refractivity contribution in [3.8, 4) is 5.75 Å². The smallest absolute Gasteiger partial charge is 0.317 e. The number of amides is 2. The number of nitrogens with one attached hydrogen (secondary N) is 1. The molecule has 0 aliphatic carbocycles. The fourth-order valence-electron chi connectivity index (χ4n) is 3.52. The van der Waals surface area contributed by atoms with Crippen LogP contribution in [0.15, 0.2) is 18.2 Å². The number of para-hydroxylation sites is 1. The van der Waals surface area contributed by atoms with Crippen molar-refractivity contribution in [1.29, 1.82) is 0 Å². The third-order valence-corrected chi connectivity index (χ3v) is 4.89. The van der Waals surface area contributed by atoms with Crippen LogP contribution in [0, 0.1) is 5.92 Å². The van der Waals surface area contributed by atoms with Crippen molar-refractivity contribution in [2.45, 2.75) is 38.6 Å². The second kappa shape index (κ2) is 7.11. The zero-order chi connectivity index (χ0) is 17.1. The number of aryl methyl sites for hydroxylation is 1. The summed E-state index contributed by atoms with van der Waals surface area (Å²) in [6.45, 7) is 3.56. The number of urea groups is 1. The molecule has 0 radical (unpaired) electrons. The van der Waals surface area contributed by atoms with Crippen LogP contribution in [0.4, 0.5) is 4.79 Å². The quantitative estimate of drug-likeness (QED) is 0.892. The molecule has 1 aromatic carbocycles. The first-order valence-corrected chi connectivity index (χ1v) is 8.63. The maximum absolute atomic E-state index is 12.6. The summed E-state index contributed by atoms with van der Waals surface area (Å²) in [6, 6.07) is 5.77. The predicted molar refractivity (Wildman–Crippen MR) is 89.1 cm³/mol. The van der Waals surface area contributed by atoms with Gasteiger partial charge in [0.05, 0.1) is 18.6 Å². The number of aliphatic carboxylic acids is 1. The number of hydrogen-bond donors (Lipinski definition) is 2. The maximum Gasteiger partial charge on any atom is 0.317 e. The van der Waals surface area contributed by atoms with Crippen molar-refractivity contribution in [2.75, 3.05) is 19.7 Å². The van der Waals surface area contributed by atoms with Crippen molar-refractivity contribution in [2.24, 2.45) is 5.92 Å². The SMILES string of the molecule is CCc1cccc2c1OCCC2NC(=O)N1CCCC(C(=O)O)C1. The van der Waals surface area contributed by atoms with Crippen LogP contribution in [0.5, 0.6) is 5.75 Å². The molecule has 0 saturated carbocycles. The third-order valence-electron chi connectivity index (χ3n) is 4.89. The van der Waals surface area contributed by atoms with Gasteiger partial charge in [0.25, 0.3) is 0 Å². The summed E-state index contributed by atoms with van der Waals surface area (Å²) in [6.07, 6.45) is 2.98. The molecule has 2 amide bonds. The number of ether oxygens (including phenoxy) is 1. The summed E-state index contributed by atoms with van der Waals surface area (Å²) in [5.41, 5.74) is 2.16. The summed E-state index contributed by atoms with van der Waals surface area (Å²) in [5, 5.41) is 12.2. The second-order valence-corrected chi connectivity index (χ2v) is 6.45. The molecule has 0 spiro atoms. The molecule has 2 heterocycles. The summed E-state index contributed by atoms with van der Waals surface area (Å²) in [5.74, 6) is -0.395. The Hall–Kier alpha value is -2.24. The van der Waals surface area contributed by atoms with Gasteiger partial charge in [-0.1, -0.05) is 25.1 Å². The molecule has 1 fully saturated rings.